The van der Waals surface area contributed by atoms with Crippen molar-refractivity contribution in [3.05, 3.63) is 60.2 Å². The summed E-state index contributed by atoms with van der Waals surface area (Å²) in [5, 5.41) is 15.7. The number of benzene rings is 2. The molecule has 1 fully saturated rings. The number of rotatable bonds is 4. The Balaban J connectivity index is 0.00000192. The van der Waals surface area contributed by atoms with Gasteiger partial charge in [-0.25, -0.2) is 0 Å². The Morgan fingerprint density at radius 3 is 2.30 bits per heavy atom. The molecule has 3 N–H and O–H groups in total. The molecule has 1 amide bonds. The van der Waals surface area contributed by atoms with Crippen molar-refractivity contribution in [1.82, 2.24) is 10.6 Å². The number of carbonyl (C=O) groups excluding carboxylic acids is 1. The van der Waals surface area contributed by atoms with Crippen molar-refractivity contribution in [2.75, 3.05) is 19.6 Å². The second kappa shape index (κ2) is 8.11. The van der Waals surface area contributed by atoms with E-state index in [-0.39, 0.29) is 30.3 Å². The molecule has 0 aliphatic carbocycles. The Hall–Kier alpha value is -1.88. The Morgan fingerprint density at radius 2 is 1.70 bits per heavy atom. The summed E-state index contributed by atoms with van der Waals surface area (Å²) < 4.78 is 0. The van der Waals surface area contributed by atoms with E-state index in [2.05, 4.69) is 10.6 Å². The lowest BCUT2D eigenvalue weighted by atomic mass is 10.0. The summed E-state index contributed by atoms with van der Waals surface area (Å²) >= 11 is 0. The van der Waals surface area contributed by atoms with Gasteiger partial charge in [-0.05, 0) is 23.3 Å². The minimum atomic E-state index is -0.374. The van der Waals surface area contributed by atoms with Crippen LogP contribution in [-0.4, -0.2) is 36.8 Å². The standard InChI is InChI=1S/C18H20N2O2.ClH/c21-17-12-19-10-16(17)11-20-18(22)15-8-6-14(7-9-15)13-4-2-1-3-5-13;/h1-9,16-17,19,21H,10-12H2,(H,20,22);1H. The summed E-state index contributed by atoms with van der Waals surface area (Å²) in [4.78, 5) is 12.1. The van der Waals surface area contributed by atoms with Gasteiger partial charge in [-0.1, -0.05) is 42.5 Å². The van der Waals surface area contributed by atoms with Crippen molar-refractivity contribution < 1.29 is 9.90 Å². The second-order valence-corrected chi connectivity index (χ2v) is 5.64. The van der Waals surface area contributed by atoms with Crippen LogP contribution >= 0.6 is 12.4 Å². The molecule has 122 valence electrons. The molecule has 1 saturated heterocycles. The highest BCUT2D eigenvalue weighted by Crippen LogP contribution is 2.19. The number of aliphatic hydroxyl groups excluding tert-OH is 1. The third-order valence-corrected chi connectivity index (χ3v) is 4.08. The van der Waals surface area contributed by atoms with Gasteiger partial charge in [0.1, 0.15) is 0 Å². The fourth-order valence-corrected chi connectivity index (χ4v) is 2.70. The van der Waals surface area contributed by atoms with Gasteiger partial charge in [0.25, 0.3) is 5.91 Å². The summed E-state index contributed by atoms with van der Waals surface area (Å²) in [6, 6.07) is 17.6. The van der Waals surface area contributed by atoms with E-state index < -0.39 is 0 Å². The van der Waals surface area contributed by atoms with Gasteiger partial charge in [0.05, 0.1) is 6.10 Å². The molecular weight excluding hydrogens is 312 g/mol. The molecule has 1 aliphatic heterocycles. The Morgan fingerprint density at radius 1 is 1.04 bits per heavy atom. The zero-order valence-corrected chi connectivity index (χ0v) is 13.6. The molecule has 5 heteroatoms. The lowest BCUT2D eigenvalue weighted by molar-refractivity contribution is 0.0927. The number of amides is 1. The van der Waals surface area contributed by atoms with E-state index >= 15 is 0 Å². The molecule has 23 heavy (non-hydrogen) atoms. The van der Waals surface area contributed by atoms with Gasteiger partial charge in [-0.3, -0.25) is 4.79 Å². The third-order valence-electron chi connectivity index (χ3n) is 4.08. The first kappa shape index (κ1) is 17.5. The first-order chi connectivity index (χ1) is 10.7. The van der Waals surface area contributed by atoms with E-state index in [4.69, 9.17) is 0 Å². The van der Waals surface area contributed by atoms with Crippen LogP contribution in [0.1, 0.15) is 10.4 Å². The minimum absolute atomic E-state index is 0. The largest absolute Gasteiger partial charge is 0.391 e. The van der Waals surface area contributed by atoms with E-state index in [1.165, 1.54) is 0 Å². The van der Waals surface area contributed by atoms with E-state index in [0.717, 1.165) is 17.7 Å². The summed E-state index contributed by atoms with van der Waals surface area (Å²) in [6.07, 6.45) is -0.374. The minimum Gasteiger partial charge on any atom is -0.391 e. The smallest absolute Gasteiger partial charge is 0.251 e. The first-order valence-electron chi connectivity index (χ1n) is 7.56. The van der Waals surface area contributed by atoms with Gasteiger partial charge in [0.15, 0.2) is 0 Å². The molecule has 1 heterocycles. The van der Waals surface area contributed by atoms with Crippen molar-refractivity contribution in [2.24, 2.45) is 5.92 Å². The van der Waals surface area contributed by atoms with Crippen molar-refractivity contribution >= 4 is 18.3 Å². The average molecular weight is 333 g/mol. The van der Waals surface area contributed by atoms with Crippen LogP contribution in [0.25, 0.3) is 11.1 Å². The highest BCUT2D eigenvalue weighted by Gasteiger charge is 2.25. The van der Waals surface area contributed by atoms with Crippen molar-refractivity contribution in [3.8, 4) is 11.1 Å². The molecule has 0 bridgehead atoms. The molecule has 2 unspecified atom stereocenters. The zero-order chi connectivity index (χ0) is 15.4. The van der Waals surface area contributed by atoms with Crippen LogP contribution < -0.4 is 10.6 Å². The molecule has 4 nitrogen and oxygen atoms in total. The number of carbonyl (C=O) groups is 1. The van der Waals surface area contributed by atoms with E-state index in [1.54, 1.807) is 0 Å². The van der Waals surface area contributed by atoms with Gasteiger partial charge >= 0.3 is 0 Å². The third kappa shape index (κ3) is 4.32. The van der Waals surface area contributed by atoms with Crippen molar-refractivity contribution in [2.45, 2.75) is 6.10 Å². The van der Waals surface area contributed by atoms with E-state index in [0.29, 0.717) is 18.7 Å². The lowest BCUT2D eigenvalue weighted by Crippen LogP contribution is -2.34. The van der Waals surface area contributed by atoms with Crippen molar-refractivity contribution in [3.63, 3.8) is 0 Å². The van der Waals surface area contributed by atoms with Crippen LogP contribution in [-0.2, 0) is 0 Å². The molecule has 2 atom stereocenters. The van der Waals surface area contributed by atoms with Crippen LogP contribution in [0.5, 0.6) is 0 Å². The zero-order valence-electron chi connectivity index (χ0n) is 12.7. The molecule has 0 radical (unpaired) electrons. The van der Waals surface area contributed by atoms with Gasteiger partial charge < -0.3 is 15.7 Å². The number of hydrogen-bond donors (Lipinski definition) is 3. The topological polar surface area (TPSA) is 61.4 Å². The number of aliphatic hydroxyl groups is 1. The fourth-order valence-electron chi connectivity index (χ4n) is 2.70. The quantitative estimate of drug-likeness (QED) is 0.803. The van der Waals surface area contributed by atoms with Crippen LogP contribution in [0.15, 0.2) is 54.6 Å². The van der Waals surface area contributed by atoms with Crippen LogP contribution in [0.3, 0.4) is 0 Å². The fraction of sp³-hybridized carbons (Fsp3) is 0.278. The molecule has 1 aliphatic rings. The van der Waals surface area contributed by atoms with Gasteiger partial charge in [-0.2, -0.15) is 0 Å². The second-order valence-electron chi connectivity index (χ2n) is 5.64. The molecule has 2 aromatic rings. The summed E-state index contributed by atoms with van der Waals surface area (Å²) in [7, 11) is 0. The number of halogens is 1. The number of nitrogens with one attached hydrogen (secondary N) is 2. The predicted octanol–water partition coefficient (Wildman–Crippen LogP) is 2.09. The monoisotopic (exact) mass is 332 g/mol. The molecule has 0 aromatic heterocycles. The molecule has 0 spiro atoms. The maximum Gasteiger partial charge on any atom is 0.251 e. The molecule has 0 saturated carbocycles. The summed E-state index contributed by atoms with van der Waals surface area (Å²) in [5.41, 5.74) is 2.86. The van der Waals surface area contributed by atoms with Crippen molar-refractivity contribution in [1.29, 1.82) is 0 Å². The molecule has 2 aromatic carbocycles. The lowest BCUT2D eigenvalue weighted by Gasteiger charge is -2.14. The highest BCUT2D eigenvalue weighted by molar-refractivity contribution is 5.94. The van der Waals surface area contributed by atoms with Crippen LogP contribution in [0.2, 0.25) is 0 Å². The first-order valence-corrected chi connectivity index (χ1v) is 7.56. The van der Waals surface area contributed by atoms with E-state index in [9.17, 15) is 9.90 Å². The van der Waals surface area contributed by atoms with Gasteiger partial charge in [0, 0.05) is 31.1 Å². The van der Waals surface area contributed by atoms with Crippen LogP contribution in [0, 0.1) is 5.92 Å². The van der Waals surface area contributed by atoms with E-state index in [1.807, 2.05) is 54.6 Å². The number of hydrogen-bond acceptors (Lipinski definition) is 3. The average Bonchev–Trinajstić information content (AvgIpc) is 2.99. The predicted molar refractivity (Wildman–Crippen MR) is 93.8 cm³/mol. The summed E-state index contributed by atoms with van der Waals surface area (Å²) in [5.74, 6) is -0.00810. The molecule has 3 rings (SSSR count). The van der Waals surface area contributed by atoms with Crippen LogP contribution in [0.4, 0.5) is 0 Å². The maximum absolute atomic E-state index is 12.1. The maximum atomic E-state index is 12.1. The SMILES string of the molecule is Cl.O=C(NCC1CNCC1O)c1ccc(-c2ccccc2)cc1. The normalized spacial score (nSPS) is 19.9. The number of β-amino-alcohol motifs (C(OH)–C–C–N with tert-alkyl or cyclic N) is 1. The Bertz CT molecular complexity index is 631. The Kier molecular flexibility index (Phi) is 6.16. The Labute approximate surface area is 142 Å². The molecular formula is C18H21ClN2O2. The highest BCUT2D eigenvalue weighted by atomic mass is 35.5. The van der Waals surface area contributed by atoms with Gasteiger partial charge in [-0.15, -0.1) is 12.4 Å². The summed E-state index contributed by atoms with van der Waals surface area (Å²) in [6.45, 7) is 1.84. The van der Waals surface area contributed by atoms with Gasteiger partial charge in [0.2, 0.25) is 0 Å².